The van der Waals surface area contributed by atoms with Crippen LogP contribution in [0.25, 0.3) is 0 Å². The Bertz CT molecular complexity index is 896. The number of nitrogens with zero attached hydrogens (tertiary/aromatic N) is 1. The molecule has 0 aromatic heterocycles. The van der Waals surface area contributed by atoms with Crippen molar-refractivity contribution in [2.24, 2.45) is 0 Å². The van der Waals surface area contributed by atoms with Crippen molar-refractivity contribution in [3.05, 3.63) is 55.1 Å². The van der Waals surface area contributed by atoms with E-state index in [9.17, 15) is 9.59 Å². The van der Waals surface area contributed by atoms with Gasteiger partial charge in [-0.2, -0.15) is 0 Å². The first-order valence-corrected chi connectivity index (χ1v) is 8.81. The summed E-state index contributed by atoms with van der Waals surface area (Å²) in [6.07, 6.45) is 1.08. The monoisotopic (exact) mass is 382 g/mol. The molecule has 0 spiro atoms. The molecule has 3 rings (SSSR count). The number of anilines is 2. The van der Waals surface area contributed by atoms with Crippen molar-refractivity contribution in [1.29, 1.82) is 0 Å². The van der Waals surface area contributed by atoms with Crippen molar-refractivity contribution in [2.45, 2.75) is 13.0 Å². The number of carbonyl (C=O) groups excluding carboxylic acids is 2. The molecule has 146 valence electrons. The van der Waals surface area contributed by atoms with Gasteiger partial charge in [-0.05, 0) is 37.3 Å². The minimum Gasteiger partial charge on any atom is -0.497 e. The Morgan fingerprint density at radius 1 is 1.29 bits per heavy atom. The summed E-state index contributed by atoms with van der Waals surface area (Å²) in [6, 6.07) is 12.2. The van der Waals surface area contributed by atoms with Crippen LogP contribution in [-0.2, 0) is 9.59 Å². The summed E-state index contributed by atoms with van der Waals surface area (Å²) in [5, 5.41) is 2.77. The second kappa shape index (κ2) is 8.47. The molecule has 1 aliphatic rings. The van der Waals surface area contributed by atoms with Crippen LogP contribution in [0, 0.1) is 0 Å². The summed E-state index contributed by atoms with van der Waals surface area (Å²) in [7, 11) is 1.56. The van der Waals surface area contributed by atoms with Gasteiger partial charge in [0.25, 0.3) is 11.8 Å². The zero-order valence-corrected chi connectivity index (χ0v) is 15.8. The highest BCUT2D eigenvalue weighted by molar-refractivity contribution is 6.01. The Morgan fingerprint density at radius 2 is 2.07 bits per heavy atom. The lowest BCUT2D eigenvalue weighted by Crippen LogP contribution is -2.44. The number of rotatable bonds is 7. The highest BCUT2D eigenvalue weighted by Crippen LogP contribution is 2.36. The molecule has 2 aromatic rings. The van der Waals surface area contributed by atoms with Crippen LogP contribution in [0.4, 0.5) is 11.4 Å². The minimum absolute atomic E-state index is 0.155. The molecule has 1 aliphatic heterocycles. The van der Waals surface area contributed by atoms with Crippen LogP contribution in [0.1, 0.15) is 6.92 Å². The number of hydrogen-bond donors (Lipinski definition) is 1. The van der Waals surface area contributed by atoms with Crippen molar-refractivity contribution < 1.29 is 23.8 Å². The van der Waals surface area contributed by atoms with Crippen molar-refractivity contribution in [2.75, 3.05) is 30.5 Å². The molecule has 7 heteroatoms. The SMILES string of the molecule is C=CCN1C(=O)C(C)Oc2ccc(NC(=O)COc3cccc(OC)c3)cc21. The van der Waals surface area contributed by atoms with E-state index >= 15 is 0 Å². The third-order valence-corrected chi connectivity index (χ3v) is 4.17. The third-order valence-electron chi connectivity index (χ3n) is 4.17. The molecule has 2 aromatic carbocycles. The number of nitrogens with one attached hydrogen (secondary N) is 1. The van der Waals surface area contributed by atoms with E-state index in [2.05, 4.69) is 11.9 Å². The first-order valence-electron chi connectivity index (χ1n) is 8.81. The molecule has 28 heavy (non-hydrogen) atoms. The molecule has 1 unspecified atom stereocenters. The van der Waals surface area contributed by atoms with Crippen LogP contribution >= 0.6 is 0 Å². The van der Waals surface area contributed by atoms with Crippen molar-refractivity contribution >= 4 is 23.2 Å². The number of methoxy groups -OCH3 is 1. The zero-order chi connectivity index (χ0) is 20.1. The molecule has 0 aliphatic carbocycles. The van der Waals surface area contributed by atoms with Gasteiger partial charge in [0.05, 0.1) is 12.8 Å². The summed E-state index contributed by atoms with van der Waals surface area (Å²) < 4.78 is 16.2. The van der Waals surface area contributed by atoms with E-state index in [0.29, 0.717) is 35.2 Å². The molecule has 0 saturated heterocycles. The van der Waals surface area contributed by atoms with E-state index in [-0.39, 0.29) is 18.4 Å². The summed E-state index contributed by atoms with van der Waals surface area (Å²) in [5.41, 5.74) is 1.13. The quantitative estimate of drug-likeness (QED) is 0.745. The van der Waals surface area contributed by atoms with Gasteiger partial charge in [0, 0.05) is 18.3 Å². The second-order valence-corrected chi connectivity index (χ2v) is 6.20. The Labute approximate surface area is 163 Å². The number of benzene rings is 2. The lowest BCUT2D eigenvalue weighted by molar-refractivity contribution is -0.125. The van der Waals surface area contributed by atoms with Gasteiger partial charge in [0.2, 0.25) is 0 Å². The van der Waals surface area contributed by atoms with E-state index in [1.54, 1.807) is 67.5 Å². The highest BCUT2D eigenvalue weighted by Gasteiger charge is 2.31. The average Bonchev–Trinajstić information content (AvgIpc) is 2.70. The van der Waals surface area contributed by atoms with E-state index in [4.69, 9.17) is 14.2 Å². The Morgan fingerprint density at radius 3 is 2.82 bits per heavy atom. The van der Waals surface area contributed by atoms with Crippen LogP contribution in [0.3, 0.4) is 0 Å². The third kappa shape index (κ3) is 4.25. The van der Waals surface area contributed by atoms with E-state index in [1.165, 1.54) is 0 Å². The van der Waals surface area contributed by atoms with Gasteiger partial charge in [-0.3, -0.25) is 9.59 Å². The van der Waals surface area contributed by atoms with Crippen LogP contribution in [-0.4, -0.2) is 38.2 Å². The molecule has 2 amide bonds. The molecular formula is C21H22N2O5. The predicted molar refractivity (Wildman–Crippen MR) is 106 cm³/mol. The normalized spacial score (nSPS) is 15.3. The van der Waals surface area contributed by atoms with Crippen LogP contribution < -0.4 is 24.4 Å². The topological polar surface area (TPSA) is 77.1 Å². The van der Waals surface area contributed by atoms with Gasteiger partial charge in [0.15, 0.2) is 12.7 Å². The predicted octanol–water partition coefficient (Wildman–Crippen LogP) is 3.01. The molecule has 0 radical (unpaired) electrons. The van der Waals surface area contributed by atoms with Gasteiger partial charge in [0.1, 0.15) is 17.2 Å². The van der Waals surface area contributed by atoms with Crippen LogP contribution in [0.15, 0.2) is 55.1 Å². The highest BCUT2D eigenvalue weighted by atomic mass is 16.5. The maximum atomic E-state index is 12.4. The zero-order valence-electron chi connectivity index (χ0n) is 15.8. The van der Waals surface area contributed by atoms with Crippen molar-refractivity contribution in [1.82, 2.24) is 0 Å². The van der Waals surface area contributed by atoms with Crippen molar-refractivity contribution in [3.8, 4) is 17.2 Å². The first-order chi connectivity index (χ1) is 13.5. The fourth-order valence-electron chi connectivity index (χ4n) is 2.84. The van der Waals surface area contributed by atoms with E-state index in [1.807, 2.05) is 0 Å². The fraction of sp³-hybridized carbons (Fsp3) is 0.238. The Balaban J connectivity index is 1.68. The Hall–Kier alpha value is -3.48. The lowest BCUT2D eigenvalue weighted by atomic mass is 10.1. The summed E-state index contributed by atoms with van der Waals surface area (Å²) >= 11 is 0. The molecule has 1 N–H and O–H groups in total. The van der Waals surface area contributed by atoms with Gasteiger partial charge < -0.3 is 24.4 Å². The maximum Gasteiger partial charge on any atom is 0.268 e. The van der Waals surface area contributed by atoms with E-state index in [0.717, 1.165) is 0 Å². The summed E-state index contributed by atoms with van der Waals surface area (Å²) in [5.74, 6) is 1.28. The first kappa shape index (κ1) is 19.3. The van der Waals surface area contributed by atoms with Gasteiger partial charge in [-0.15, -0.1) is 6.58 Å². The van der Waals surface area contributed by atoms with Crippen LogP contribution in [0.2, 0.25) is 0 Å². The molecule has 0 fully saturated rings. The van der Waals surface area contributed by atoms with Gasteiger partial charge >= 0.3 is 0 Å². The van der Waals surface area contributed by atoms with E-state index < -0.39 is 6.10 Å². The van der Waals surface area contributed by atoms with Crippen LogP contribution in [0.5, 0.6) is 17.2 Å². The fourth-order valence-corrected chi connectivity index (χ4v) is 2.84. The maximum absolute atomic E-state index is 12.4. The number of carbonyl (C=O) groups is 2. The Kier molecular flexibility index (Phi) is 5.84. The smallest absolute Gasteiger partial charge is 0.268 e. The molecule has 1 heterocycles. The number of amides is 2. The minimum atomic E-state index is -0.566. The summed E-state index contributed by atoms with van der Waals surface area (Å²) in [6.45, 7) is 5.59. The molecule has 7 nitrogen and oxygen atoms in total. The molecule has 0 saturated carbocycles. The number of ether oxygens (including phenoxy) is 3. The largest absolute Gasteiger partial charge is 0.497 e. The van der Waals surface area contributed by atoms with Gasteiger partial charge in [-0.25, -0.2) is 0 Å². The molecule has 0 bridgehead atoms. The molecular weight excluding hydrogens is 360 g/mol. The average molecular weight is 382 g/mol. The van der Waals surface area contributed by atoms with Gasteiger partial charge in [-0.1, -0.05) is 12.1 Å². The summed E-state index contributed by atoms with van der Waals surface area (Å²) in [4.78, 5) is 26.2. The number of hydrogen-bond acceptors (Lipinski definition) is 5. The lowest BCUT2D eigenvalue weighted by Gasteiger charge is -2.32. The van der Waals surface area contributed by atoms with Crippen molar-refractivity contribution in [3.63, 3.8) is 0 Å². The number of fused-ring (bicyclic) bond motifs is 1. The molecule has 1 atom stereocenters. The second-order valence-electron chi connectivity index (χ2n) is 6.20. The standard InChI is InChI=1S/C21H22N2O5/c1-4-10-23-18-11-15(8-9-19(18)28-14(2)21(23)25)22-20(24)13-27-17-7-5-6-16(12-17)26-3/h4-9,11-12,14H,1,10,13H2,2-3H3,(H,22,24).